The summed E-state index contributed by atoms with van der Waals surface area (Å²) >= 11 is 0. The molecule has 0 aromatic heterocycles. The van der Waals surface area contributed by atoms with Gasteiger partial charge in [-0.25, -0.2) is 9.59 Å². The van der Waals surface area contributed by atoms with Gasteiger partial charge in [-0.1, -0.05) is 114 Å². The van der Waals surface area contributed by atoms with Crippen molar-refractivity contribution in [2.45, 2.75) is 91.5 Å². The monoisotopic (exact) mass is 610 g/mol. The van der Waals surface area contributed by atoms with Gasteiger partial charge in [-0.2, -0.15) is 0 Å². The molecule has 0 aliphatic rings. The zero-order valence-corrected chi connectivity index (χ0v) is 26.6. The van der Waals surface area contributed by atoms with E-state index in [0.717, 1.165) is 49.7 Å². The van der Waals surface area contributed by atoms with Gasteiger partial charge >= 0.3 is 12.2 Å². The van der Waals surface area contributed by atoms with Gasteiger partial charge in [0.15, 0.2) is 0 Å². The van der Waals surface area contributed by atoms with Crippen LogP contribution >= 0.6 is 0 Å². The number of hydrogen-bond acceptors (Lipinski definition) is 6. The van der Waals surface area contributed by atoms with Crippen molar-refractivity contribution in [1.29, 1.82) is 0 Å². The Morgan fingerprint density at radius 2 is 0.886 bits per heavy atom. The van der Waals surface area contributed by atoms with E-state index in [-0.39, 0.29) is 36.9 Å². The van der Waals surface area contributed by atoms with E-state index in [1.165, 1.54) is 0 Å². The third kappa shape index (κ3) is 14.9. The second kappa shape index (κ2) is 20.8. The maximum atomic E-state index is 12.7. The van der Waals surface area contributed by atoms with Crippen molar-refractivity contribution in [1.82, 2.24) is 21.3 Å². The van der Waals surface area contributed by atoms with E-state index in [9.17, 15) is 19.2 Å². The Bertz CT molecular complexity index is 1040. The van der Waals surface area contributed by atoms with Gasteiger partial charge in [-0.15, -0.1) is 0 Å². The quantitative estimate of drug-likeness (QED) is 0.156. The van der Waals surface area contributed by atoms with Crippen molar-refractivity contribution in [3.63, 3.8) is 0 Å². The molecule has 10 heteroatoms. The molecule has 0 fully saturated rings. The average Bonchev–Trinajstić information content (AvgIpc) is 3.01. The number of benzene rings is 2. The van der Waals surface area contributed by atoms with E-state index in [1.807, 2.05) is 88.4 Å². The Labute approximate surface area is 262 Å². The van der Waals surface area contributed by atoms with Crippen LogP contribution in [-0.4, -0.2) is 49.2 Å². The molecule has 10 nitrogen and oxygen atoms in total. The van der Waals surface area contributed by atoms with Gasteiger partial charge in [0.1, 0.15) is 25.3 Å². The van der Waals surface area contributed by atoms with Crippen LogP contribution in [0.3, 0.4) is 0 Å². The van der Waals surface area contributed by atoms with Gasteiger partial charge in [0.05, 0.1) is 0 Å². The normalized spacial score (nSPS) is 12.2. The summed E-state index contributed by atoms with van der Waals surface area (Å²) in [7, 11) is 0. The van der Waals surface area contributed by atoms with Gasteiger partial charge < -0.3 is 30.7 Å². The summed E-state index contributed by atoms with van der Waals surface area (Å²) in [5.41, 5.74) is 1.76. The van der Waals surface area contributed by atoms with E-state index in [4.69, 9.17) is 9.47 Å². The first-order chi connectivity index (χ1) is 21.2. The van der Waals surface area contributed by atoms with E-state index < -0.39 is 24.3 Å². The second-order valence-electron chi connectivity index (χ2n) is 11.6. The Morgan fingerprint density at radius 1 is 0.545 bits per heavy atom. The third-order valence-corrected chi connectivity index (χ3v) is 7.07. The maximum absolute atomic E-state index is 12.7. The smallest absolute Gasteiger partial charge is 0.408 e. The first-order valence-corrected chi connectivity index (χ1v) is 15.7. The van der Waals surface area contributed by atoms with Crippen LogP contribution in [0.25, 0.3) is 0 Å². The molecule has 2 aromatic carbocycles. The molecule has 0 aliphatic heterocycles. The molecule has 0 aliphatic carbocycles. The Balaban J connectivity index is 1.53. The van der Waals surface area contributed by atoms with E-state index in [2.05, 4.69) is 21.3 Å². The minimum atomic E-state index is -0.668. The van der Waals surface area contributed by atoms with Gasteiger partial charge in [-0.05, 0) is 35.8 Å². The molecule has 0 spiro atoms. The van der Waals surface area contributed by atoms with Crippen LogP contribution in [0.4, 0.5) is 9.59 Å². The zero-order valence-electron chi connectivity index (χ0n) is 26.6. The fraction of sp³-hybridized carbons (Fsp3) is 0.529. The fourth-order valence-electron chi connectivity index (χ4n) is 4.45. The predicted molar refractivity (Wildman–Crippen MR) is 170 cm³/mol. The lowest BCUT2D eigenvalue weighted by Crippen LogP contribution is -2.50. The molecule has 0 saturated carbocycles. The summed E-state index contributed by atoms with van der Waals surface area (Å²) in [5, 5.41) is 11.2. The first-order valence-electron chi connectivity index (χ1n) is 15.7. The fourth-order valence-corrected chi connectivity index (χ4v) is 4.45. The van der Waals surface area contributed by atoms with Gasteiger partial charge in [0.25, 0.3) is 0 Å². The molecule has 242 valence electrons. The molecule has 4 N–H and O–H groups in total. The summed E-state index contributed by atoms with van der Waals surface area (Å²) in [6.45, 7) is 8.89. The summed E-state index contributed by atoms with van der Waals surface area (Å²) in [6, 6.07) is 17.4. The lowest BCUT2D eigenvalue weighted by molar-refractivity contribution is -0.124. The molecule has 4 amide bonds. The Morgan fingerprint density at radius 3 is 1.23 bits per heavy atom. The summed E-state index contributed by atoms with van der Waals surface area (Å²) < 4.78 is 10.5. The highest BCUT2D eigenvalue weighted by atomic mass is 16.6. The van der Waals surface area contributed by atoms with Crippen molar-refractivity contribution in [2.75, 3.05) is 13.1 Å². The van der Waals surface area contributed by atoms with Crippen LogP contribution in [0.2, 0.25) is 0 Å². The lowest BCUT2D eigenvalue weighted by Gasteiger charge is -2.21. The van der Waals surface area contributed by atoms with Crippen molar-refractivity contribution < 1.29 is 28.7 Å². The van der Waals surface area contributed by atoms with E-state index in [1.54, 1.807) is 0 Å². The second-order valence-corrected chi connectivity index (χ2v) is 11.6. The average molecular weight is 611 g/mol. The van der Waals surface area contributed by atoms with Crippen LogP contribution in [0, 0.1) is 11.8 Å². The summed E-state index contributed by atoms with van der Waals surface area (Å²) in [5.74, 6) is -0.600. The van der Waals surface area contributed by atoms with Crippen LogP contribution < -0.4 is 21.3 Å². The molecule has 0 heterocycles. The van der Waals surface area contributed by atoms with Gasteiger partial charge in [-0.3, -0.25) is 9.59 Å². The minimum absolute atomic E-state index is 0.0835. The zero-order chi connectivity index (χ0) is 32.2. The van der Waals surface area contributed by atoms with Crippen LogP contribution in [0.15, 0.2) is 60.7 Å². The molecule has 2 aromatic rings. The third-order valence-electron chi connectivity index (χ3n) is 7.07. The molecule has 44 heavy (non-hydrogen) atoms. The number of unbranched alkanes of at least 4 members (excludes halogenated alkanes) is 5. The number of rotatable bonds is 19. The summed E-state index contributed by atoms with van der Waals surface area (Å²) in [4.78, 5) is 49.7. The van der Waals surface area contributed by atoms with Crippen molar-refractivity contribution in [3.8, 4) is 0 Å². The van der Waals surface area contributed by atoms with E-state index in [0.29, 0.717) is 13.1 Å². The maximum Gasteiger partial charge on any atom is 0.408 e. The highest BCUT2D eigenvalue weighted by Gasteiger charge is 2.25. The predicted octanol–water partition coefficient (Wildman–Crippen LogP) is 5.46. The van der Waals surface area contributed by atoms with Gasteiger partial charge in [0.2, 0.25) is 11.8 Å². The lowest BCUT2D eigenvalue weighted by atomic mass is 10.0. The standard InChI is InChI=1S/C34H50N4O6/c1-25(2)29(37-33(41)43-23-27-17-11-9-12-18-27)31(39)35-21-15-7-5-6-8-16-22-36-32(40)30(26(3)4)38-34(42)44-24-28-19-13-10-14-20-28/h9-14,17-20,25-26,29-30H,5-8,15-16,21-24H2,1-4H3,(H,35,39)(H,36,40)(H,37,41)(H,38,42)/t29-,30-/m0/s1. The van der Waals surface area contributed by atoms with Crippen molar-refractivity contribution in [2.24, 2.45) is 11.8 Å². The van der Waals surface area contributed by atoms with Crippen LogP contribution in [0.1, 0.15) is 77.3 Å². The topological polar surface area (TPSA) is 135 Å². The van der Waals surface area contributed by atoms with Crippen LogP contribution in [-0.2, 0) is 32.3 Å². The number of carbonyl (C=O) groups excluding carboxylic acids is 4. The van der Waals surface area contributed by atoms with Crippen LogP contribution in [0.5, 0.6) is 0 Å². The number of nitrogens with one attached hydrogen (secondary N) is 4. The Kier molecular flexibility index (Phi) is 17.0. The largest absolute Gasteiger partial charge is 0.445 e. The molecule has 0 unspecified atom stereocenters. The first kappa shape index (κ1) is 36.1. The molecule has 2 rings (SSSR count). The highest BCUT2D eigenvalue weighted by Crippen LogP contribution is 2.08. The number of carbonyl (C=O) groups is 4. The van der Waals surface area contributed by atoms with Crippen molar-refractivity contribution in [3.05, 3.63) is 71.8 Å². The number of hydrogen-bond donors (Lipinski definition) is 4. The Hall–Kier alpha value is -4.08. The molecule has 0 radical (unpaired) electrons. The van der Waals surface area contributed by atoms with Gasteiger partial charge in [0, 0.05) is 13.1 Å². The SMILES string of the molecule is CC(C)[C@H](NC(=O)OCc1ccccc1)C(=O)NCCCCCCCCNC(=O)[C@@H](NC(=O)OCc1ccccc1)C(C)C. The van der Waals surface area contributed by atoms with Crippen molar-refractivity contribution >= 4 is 24.0 Å². The molecular weight excluding hydrogens is 560 g/mol. The summed E-state index contributed by atoms with van der Waals surface area (Å²) in [6.07, 6.45) is 4.43. The number of alkyl carbamates (subject to hydrolysis) is 2. The number of ether oxygens (including phenoxy) is 2. The minimum Gasteiger partial charge on any atom is -0.445 e. The van der Waals surface area contributed by atoms with E-state index >= 15 is 0 Å². The molecular formula is C34H50N4O6. The highest BCUT2D eigenvalue weighted by molar-refractivity contribution is 5.86. The molecule has 2 atom stereocenters. The molecule has 0 bridgehead atoms. The molecule has 0 saturated heterocycles. The number of amides is 4.